The molecule has 0 bridgehead atoms. The van der Waals surface area contributed by atoms with E-state index in [1.807, 2.05) is 55.5 Å². The molecule has 0 saturated carbocycles. The van der Waals surface area contributed by atoms with E-state index in [1.165, 1.54) is 0 Å². The Morgan fingerprint density at radius 2 is 2.00 bits per heavy atom. The third kappa shape index (κ3) is 5.70. The standard InChI is InChI=1S/C22H22N2O2S/c1-3-8-18-11-17(12-19(14-23)22(24)27)13-20(25-4-2)21(18)26-15-16-9-6-5-7-10-16/h3,5-7,9-13H,1,4,8,15H2,2H3,(H2,24,27). The summed E-state index contributed by atoms with van der Waals surface area (Å²) >= 11 is 4.92. The number of rotatable bonds is 9. The molecule has 0 heterocycles. The zero-order valence-corrected chi connectivity index (χ0v) is 16.1. The van der Waals surface area contributed by atoms with Crippen LogP contribution in [0.1, 0.15) is 23.6 Å². The second kappa shape index (κ2) is 10.1. The molecule has 0 aromatic heterocycles. The van der Waals surface area contributed by atoms with Gasteiger partial charge in [0.05, 0.1) is 12.2 Å². The molecule has 0 radical (unpaired) electrons. The van der Waals surface area contributed by atoms with Crippen LogP contribution in [0.2, 0.25) is 0 Å². The highest BCUT2D eigenvalue weighted by Crippen LogP contribution is 2.35. The van der Waals surface area contributed by atoms with Crippen molar-refractivity contribution in [3.63, 3.8) is 0 Å². The molecule has 0 atom stereocenters. The zero-order valence-electron chi connectivity index (χ0n) is 15.3. The van der Waals surface area contributed by atoms with Crippen LogP contribution in [0.25, 0.3) is 6.08 Å². The van der Waals surface area contributed by atoms with Crippen molar-refractivity contribution in [2.75, 3.05) is 6.61 Å². The van der Waals surface area contributed by atoms with Gasteiger partial charge in [-0.3, -0.25) is 0 Å². The molecule has 4 nitrogen and oxygen atoms in total. The maximum atomic E-state index is 9.21. The fraction of sp³-hybridized carbons (Fsp3) is 0.182. The van der Waals surface area contributed by atoms with Gasteiger partial charge in [-0.1, -0.05) is 48.6 Å². The summed E-state index contributed by atoms with van der Waals surface area (Å²) in [6.45, 7) is 6.65. The molecule has 2 aromatic rings. The first-order chi connectivity index (χ1) is 13.1. The van der Waals surface area contributed by atoms with Gasteiger partial charge in [0.15, 0.2) is 11.5 Å². The van der Waals surface area contributed by atoms with Gasteiger partial charge in [-0.2, -0.15) is 5.26 Å². The number of thiocarbonyl (C=S) groups is 1. The topological polar surface area (TPSA) is 68.3 Å². The van der Waals surface area contributed by atoms with E-state index in [0.717, 1.165) is 16.7 Å². The molecule has 0 fully saturated rings. The summed E-state index contributed by atoms with van der Waals surface area (Å²) in [5.41, 5.74) is 8.59. The number of ether oxygens (including phenoxy) is 2. The smallest absolute Gasteiger partial charge is 0.165 e. The third-order valence-corrected chi connectivity index (χ3v) is 3.96. The third-order valence-electron chi connectivity index (χ3n) is 3.74. The van der Waals surface area contributed by atoms with E-state index >= 15 is 0 Å². The maximum absolute atomic E-state index is 9.21. The molecule has 0 aliphatic heterocycles. The summed E-state index contributed by atoms with van der Waals surface area (Å²) < 4.78 is 11.9. The van der Waals surface area contributed by atoms with Gasteiger partial charge in [-0.15, -0.1) is 6.58 Å². The average Bonchev–Trinajstić information content (AvgIpc) is 2.66. The Balaban J connectivity index is 2.45. The summed E-state index contributed by atoms with van der Waals surface area (Å²) in [6.07, 6.45) is 4.05. The SMILES string of the molecule is C=CCc1cc(C=C(C#N)C(N)=S)cc(OCC)c1OCc1ccccc1. The second-order valence-corrected chi connectivity index (χ2v) is 6.18. The Morgan fingerprint density at radius 1 is 1.26 bits per heavy atom. The van der Waals surface area contributed by atoms with Crippen molar-refractivity contribution in [2.45, 2.75) is 20.0 Å². The molecule has 138 valence electrons. The monoisotopic (exact) mass is 378 g/mol. The maximum Gasteiger partial charge on any atom is 0.165 e. The van der Waals surface area contributed by atoms with Crippen LogP contribution >= 0.6 is 12.2 Å². The first-order valence-electron chi connectivity index (χ1n) is 8.58. The molecule has 0 saturated heterocycles. The lowest BCUT2D eigenvalue weighted by atomic mass is 10.0. The highest BCUT2D eigenvalue weighted by Gasteiger charge is 2.14. The number of allylic oxidation sites excluding steroid dienone is 1. The van der Waals surface area contributed by atoms with Gasteiger partial charge >= 0.3 is 0 Å². The van der Waals surface area contributed by atoms with Crippen LogP contribution in [0.3, 0.4) is 0 Å². The highest BCUT2D eigenvalue weighted by atomic mass is 32.1. The number of nitrogens with zero attached hydrogens (tertiary/aromatic N) is 1. The lowest BCUT2D eigenvalue weighted by Gasteiger charge is -2.17. The van der Waals surface area contributed by atoms with Crippen LogP contribution in [0.4, 0.5) is 0 Å². The minimum Gasteiger partial charge on any atom is -0.490 e. The molecule has 0 spiro atoms. The van der Waals surface area contributed by atoms with E-state index in [4.69, 9.17) is 27.4 Å². The Labute approximate surface area is 165 Å². The Hall–Kier alpha value is -3.10. The normalized spacial score (nSPS) is 10.7. The van der Waals surface area contributed by atoms with Gasteiger partial charge in [0.25, 0.3) is 0 Å². The van der Waals surface area contributed by atoms with Crippen molar-refractivity contribution in [3.8, 4) is 17.6 Å². The van der Waals surface area contributed by atoms with E-state index < -0.39 is 0 Å². The molecule has 0 aliphatic carbocycles. The Kier molecular flexibility index (Phi) is 7.60. The van der Waals surface area contributed by atoms with Crippen LogP contribution in [0.15, 0.2) is 60.7 Å². The van der Waals surface area contributed by atoms with Gasteiger partial charge < -0.3 is 15.2 Å². The van der Waals surface area contributed by atoms with E-state index in [2.05, 4.69) is 6.58 Å². The summed E-state index contributed by atoms with van der Waals surface area (Å²) in [6, 6.07) is 15.7. The Morgan fingerprint density at radius 3 is 2.59 bits per heavy atom. The van der Waals surface area contributed by atoms with Gasteiger partial charge in [-0.25, -0.2) is 0 Å². The van der Waals surface area contributed by atoms with E-state index in [-0.39, 0.29) is 10.6 Å². The Bertz CT molecular complexity index is 883. The minimum absolute atomic E-state index is 0.0603. The van der Waals surface area contributed by atoms with Crippen LogP contribution in [0, 0.1) is 11.3 Å². The largest absolute Gasteiger partial charge is 0.490 e. The molecule has 0 aliphatic rings. The predicted molar refractivity (Wildman–Crippen MR) is 113 cm³/mol. The highest BCUT2D eigenvalue weighted by molar-refractivity contribution is 7.80. The molecule has 0 amide bonds. The summed E-state index contributed by atoms with van der Waals surface area (Å²) in [4.78, 5) is 0.0603. The molecule has 0 unspecified atom stereocenters. The van der Waals surface area contributed by atoms with E-state index in [0.29, 0.717) is 31.1 Å². The summed E-state index contributed by atoms with van der Waals surface area (Å²) in [5.74, 6) is 1.28. The van der Waals surface area contributed by atoms with Crippen molar-refractivity contribution in [1.29, 1.82) is 5.26 Å². The molecule has 2 rings (SSSR count). The average molecular weight is 378 g/mol. The molecule has 27 heavy (non-hydrogen) atoms. The minimum atomic E-state index is 0.0603. The number of hydrogen-bond acceptors (Lipinski definition) is 4. The summed E-state index contributed by atoms with van der Waals surface area (Å²) in [5, 5.41) is 9.21. The number of nitrogens with two attached hydrogens (primary N) is 1. The van der Waals surface area contributed by atoms with Crippen LogP contribution in [-0.2, 0) is 13.0 Å². The first-order valence-corrected chi connectivity index (χ1v) is 8.98. The first kappa shape index (κ1) is 20.2. The van der Waals surface area contributed by atoms with E-state index in [1.54, 1.807) is 12.2 Å². The number of benzene rings is 2. The van der Waals surface area contributed by atoms with Crippen molar-refractivity contribution in [3.05, 3.63) is 77.4 Å². The molecular weight excluding hydrogens is 356 g/mol. The van der Waals surface area contributed by atoms with Gasteiger partial charge in [-0.05, 0) is 42.7 Å². The van der Waals surface area contributed by atoms with E-state index in [9.17, 15) is 5.26 Å². The zero-order chi connectivity index (χ0) is 19.6. The van der Waals surface area contributed by atoms with Crippen molar-refractivity contribution < 1.29 is 9.47 Å². The molecule has 2 N–H and O–H groups in total. The van der Waals surface area contributed by atoms with Crippen LogP contribution in [-0.4, -0.2) is 11.6 Å². The number of hydrogen-bond donors (Lipinski definition) is 1. The molecular formula is C22H22N2O2S. The fourth-order valence-corrected chi connectivity index (χ4v) is 2.66. The van der Waals surface area contributed by atoms with Gasteiger partial charge in [0, 0.05) is 5.56 Å². The number of nitriles is 1. The van der Waals surface area contributed by atoms with Crippen molar-refractivity contribution in [1.82, 2.24) is 0 Å². The second-order valence-electron chi connectivity index (χ2n) is 5.74. The van der Waals surface area contributed by atoms with Gasteiger partial charge in [0.2, 0.25) is 0 Å². The van der Waals surface area contributed by atoms with Crippen LogP contribution in [0.5, 0.6) is 11.5 Å². The summed E-state index contributed by atoms with van der Waals surface area (Å²) in [7, 11) is 0. The molecule has 2 aromatic carbocycles. The van der Waals surface area contributed by atoms with Gasteiger partial charge in [0.1, 0.15) is 17.7 Å². The lowest BCUT2D eigenvalue weighted by Crippen LogP contribution is -2.09. The van der Waals surface area contributed by atoms with Crippen molar-refractivity contribution in [2.24, 2.45) is 5.73 Å². The predicted octanol–water partition coefficient (Wildman–Crippen LogP) is 4.59. The molecule has 5 heteroatoms. The quantitative estimate of drug-likeness (QED) is 0.299. The van der Waals surface area contributed by atoms with Crippen molar-refractivity contribution >= 4 is 23.3 Å². The lowest BCUT2D eigenvalue weighted by molar-refractivity contribution is 0.267. The van der Waals surface area contributed by atoms with Crippen LogP contribution < -0.4 is 15.2 Å². The fourth-order valence-electron chi connectivity index (χ4n) is 2.56.